The van der Waals surface area contributed by atoms with E-state index in [0.29, 0.717) is 0 Å². The van der Waals surface area contributed by atoms with Crippen LogP contribution in [0.4, 0.5) is 0 Å². The van der Waals surface area contributed by atoms with Gasteiger partial charge in [-0.25, -0.2) is 22.8 Å². The minimum Gasteiger partial charge on any atom is -0.335 e. The molecule has 3 unspecified atom stereocenters. The van der Waals surface area contributed by atoms with Crippen LogP contribution in [0.15, 0.2) is 274 Å². The fourth-order valence-corrected chi connectivity index (χ4v) is 41.9. The van der Waals surface area contributed by atoms with Crippen LogP contribution in [0.1, 0.15) is 115 Å². The number of aromatic nitrogens is 7. The van der Waals surface area contributed by atoms with Crippen molar-refractivity contribution >= 4 is 99.0 Å². The summed E-state index contributed by atoms with van der Waals surface area (Å²) in [5.74, 6) is 0. The van der Waals surface area contributed by atoms with Crippen molar-refractivity contribution in [2.24, 2.45) is 35.2 Å². The molecule has 10 heteroatoms. The Morgan fingerprint density at radius 3 is 1.34 bits per heavy atom. The zero-order chi connectivity index (χ0) is 83.7. The Kier molecular flexibility index (Phi) is 17.3. The van der Waals surface area contributed by atoms with E-state index in [1.54, 1.807) is 53.4 Å². The molecule has 0 radical (unpaired) electrons. The summed E-state index contributed by atoms with van der Waals surface area (Å²) in [7, 11) is 5.51. The van der Waals surface area contributed by atoms with Gasteiger partial charge in [0.05, 0.1) is 34.2 Å². The Morgan fingerprint density at radius 1 is 0.328 bits per heavy atom. The number of aryl methyl sites for hydroxylation is 10. The summed E-state index contributed by atoms with van der Waals surface area (Å²) < 4.78 is 16.6. The predicted molar refractivity (Wildman–Crippen MR) is 513 cm³/mol. The van der Waals surface area contributed by atoms with Gasteiger partial charge in [0.2, 0.25) is 28.5 Å². The fraction of sp³-hybridized carbons (Fsp3) is 0.241. The van der Waals surface area contributed by atoms with Gasteiger partial charge in [-0.2, -0.15) is 0 Å². The van der Waals surface area contributed by atoms with E-state index in [2.05, 4.69) is 416 Å². The third-order valence-corrected chi connectivity index (χ3v) is 47.2. The molecule has 0 saturated heterocycles. The van der Waals surface area contributed by atoms with E-state index >= 15 is 0 Å². The molecule has 9 aliphatic rings. The maximum absolute atomic E-state index is 2.59. The Balaban J connectivity index is 0.0000000913. The number of pyridine rings is 5. The normalized spacial score (nSPS) is 18.6. The van der Waals surface area contributed by atoms with Crippen molar-refractivity contribution in [2.45, 2.75) is 142 Å². The standard InChI is InChI=1S/C26H28NSi.C23H24NSi.C22H21N2.C21H20NSi.C20H17N2/c1-18-14-15-22-21-12-6-7-13-23(21)28(20-10-4-3-5-11-20)17-19-9-8-16-27(2)25(19)24(18)26(22)28;1-15-12-13-17-16-9-6-7-11-19(16)25(5)22(17)20(15)21-18(23(25,2)3)10-8-14-24(21)4;1-14-11-12-16-15-8-5-6-10-18(15)24-20(16)19(14)21-17(22(24,2)3)9-7-13-23(21)4;1-14-10-11-17-16-8-4-5-9-18(16)23(3)13-15-7-6-12-22(2)20(15)19(14)21(17)23;1-13-9-10-16-15-7-3-4-8-17(15)22-12-14-6-5-11-21(2)19(14)18(13)20(16)22/h6-9,12-16,20H,3-5,10-11,17H2,1-2H3;6-14H,1-5H3;5-13H,1-4H3;4-12H,13H2,1-3H3;3-11H,12H2,1-2H3/q5*+1. The SMILES string of the molecule is Cc1ccc2c3c1-c1c(ccc[n+]1C)C(C)(C)[Si]3(C)c1ccccc1-2.Cc1ccc2c3c1-c1c(ccc[n+]1C)C[Si]3(C)c1ccccc1-2.Cc1ccc2c3c1-c1c(ccc[n+]1C)C[Si]3(C1CCCCC1)c1ccccc1-2.Cc1ccc2c3ccccc3n3c2c1-c1c(ccc[n+]1C)C3.Cc1ccc2c3ccccc3n3c2c1-c1c(ccc[n+]1C)C3(C)C. The fourth-order valence-electron chi connectivity index (χ4n) is 25.6. The van der Waals surface area contributed by atoms with Crippen LogP contribution in [-0.2, 0) is 64.4 Å². The first-order chi connectivity index (χ1) is 59.0. The van der Waals surface area contributed by atoms with E-state index in [9.17, 15) is 0 Å². The van der Waals surface area contributed by atoms with Crippen molar-refractivity contribution in [3.8, 4) is 89.7 Å². The van der Waals surface area contributed by atoms with Crippen LogP contribution in [-0.4, -0.2) is 33.4 Å². The molecule has 0 spiro atoms. The molecule has 17 aromatic rings. The van der Waals surface area contributed by atoms with Crippen molar-refractivity contribution in [1.29, 1.82) is 0 Å². The molecule has 1 aliphatic carbocycles. The number of hydrogen-bond acceptors (Lipinski definition) is 0. The number of nitrogens with zero attached hydrogens (tertiary/aromatic N) is 7. The number of para-hydroxylation sites is 2. The largest absolute Gasteiger partial charge is 0.335 e. The second-order valence-corrected chi connectivity index (χ2v) is 51.2. The summed E-state index contributed by atoms with van der Waals surface area (Å²) in [6, 6.07) is 93.7. The van der Waals surface area contributed by atoms with Gasteiger partial charge in [0.25, 0.3) is 0 Å². The van der Waals surface area contributed by atoms with Gasteiger partial charge in [0, 0.05) is 107 Å². The molecular formula is C112H110N7Si3+5. The van der Waals surface area contributed by atoms with Gasteiger partial charge >= 0.3 is 0 Å². The first kappa shape index (κ1) is 76.3. The van der Waals surface area contributed by atoms with Crippen LogP contribution < -0.4 is 54.0 Å². The molecule has 7 nitrogen and oxygen atoms in total. The maximum Gasteiger partial charge on any atom is 0.220 e. The molecule has 0 N–H and O–H groups in total. The van der Waals surface area contributed by atoms with Gasteiger partial charge in [0.15, 0.2) is 31.0 Å². The van der Waals surface area contributed by atoms with E-state index < -0.39 is 24.2 Å². The Morgan fingerprint density at radius 2 is 0.738 bits per heavy atom. The molecule has 1 fully saturated rings. The Bertz CT molecular complexity index is 7410. The average molecular weight is 1640 g/mol. The lowest BCUT2D eigenvalue weighted by Crippen LogP contribution is -2.68. The van der Waals surface area contributed by atoms with Gasteiger partial charge in [-0.1, -0.05) is 229 Å². The molecule has 10 aromatic carbocycles. The van der Waals surface area contributed by atoms with E-state index in [1.807, 2.05) is 0 Å². The first-order valence-corrected chi connectivity index (χ1v) is 52.2. The molecular weight excluding hydrogens is 1530 g/mol. The predicted octanol–water partition coefficient (Wildman–Crippen LogP) is 19.4. The highest BCUT2D eigenvalue weighted by Gasteiger charge is 2.60. The third-order valence-electron chi connectivity index (χ3n) is 31.3. The van der Waals surface area contributed by atoms with Gasteiger partial charge in [-0.15, -0.1) is 0 Å². The molecule has 0 bridgehead atoms. The minimum atomic E-state index is -1.91. The second kappa shape index (κ2) is 27.6. The molecule has 7 aromatic heterocycles. The highest BCUT2D eigenvalue weighted by Crippen LogP contribution is 2.54. The summed E-state index contributed by atoms with van der Waals surface area (Å²) in [4.78, 5) is 0. The van der Waals surface area contributed by atoms with Crippen LogP contribution in [0.3, 0.4) is 0 Å². The van der Waals surface area contributed by atoms with Gasteiger partial charge in [0.1, 0.15) is 59.5 Å². The Labute approximate surface area is 722 Å². The van der Waals surface area contributed by atoms with Crippen molar-refractivity contribution in [3.05, 3.63) is 329 Å². The lowest BCUT2D eigenvalue weighted by atomic mass is 9.84. The maximum atomic E-state index is 2.59. The lowest BCUT2D eigenvalue weighted by Gasteiger charge is -2.45. The van der Waals surface area contributed by atoms with Gasteiger partial charge in [-0.05, 0) is 206 Å². The summed E-state index contributed by atoms with van der Waals surface area (Å²) in [6.07, 6.45) is 18.1. The van der Waals surface area contributed by atoms with Gasteiger partial charge < -0.3 is 9.13 Å². The molecule has 122 heavy (non-hydrogen) atoms. The monoisotopic (exact) mass is 1640 g/mol. The van der Waals surface area contributed by atoms with Crippen molar-refractivity contribution in [3.63, 3.8) is 0 Å². The van der Waals surface area contributed by atoms with Crippen molar-refractivity contribution in [1.82, 2.24) is 9.13 Å². The summed E-state index contributed by atoms with van der Waals surface area (Å²) >= 11 is 0. The van der Waals surface area contributed by atoms with E-state index in [0.717, 1.165) is 12.1 Å². The molecule has 0 amide bonds. The minimum absolute atomic E-state index is 0.0868. The third kappa shape index (κ3) is 10.4. The van der Waals surface area contributed by atoms with Crippen LogP contribution in [0, 0.1) is 34.6 Å². The molecule has 8 aliphatic heterocycles. The molecule has 1 saturated carbocycles. The summed E-state index contributed by atoms with van der Waals surface area (Å²) in [5.41, 5.74) is 44.0. The van der Waals surface area contributed by atoms with Crippen LogP contribution >= 0.6 is 0 Å². The topological polar surface area (TPSA) is 29.3 Å². The summed E-state index contributed by atoms with van der Waals surface area (Å²) in [5, 5.41) is 15.7. The molecule has 3 atom stereocenters. The number of rotatable bonds is 1. The Hall–Kier alpha value is -11.8. The van der Waals surface area contributed by atoms with Crippen LogP contribution in [0.2, 0.25) is 18.6 Å². The number of fused-ring (bicyclic) bond motifs is 25. The van der Waals surface area contributed by atoms with E-state index in [-0.39, 0.29) is 10.6 Å². The van der Waals surface area contributed by atoms with Crippen LogP contribution in [0.5, 0.6) is 0 Å². The summed E-state index contributed by atoms with van der Waals surface area (Å²) in [6.45, 7) is 27.1. The van der Waals surface area contributed by atoms with Gasteiger partial charge in [-0.3, -0.25) is 0 Å². The number of benzene rings is 10. The molecule has 600 valence electrons. The highest BCUT2D eigenvalue weighted by atomic mass is 28.3. The quantitative estimate of drug-likeness (QED) is 0.116. The van der Waals surface area contributed by atoms with E-state index in [1.165, 1.54) is 211 Å². The van der Waals surface area contributed by atoms with Crippen LogP contribution in [0.25, 0.3) is 133 Å². The first-order valence-electron chi connectivity index (χ1n) is 44.7. The lowest BCUT2D eigenvalue weighted by molar-refractivity contribution is -0.661. The van der Waals surface area contributed by atoms with Crippen molar-refractivity contribution < 1.29 is 22.8 Å². The second-order valence-electron chi connectivity index (χ2n) is 38.5. The average Bonchev–Trinajstić information content (AvgIpc) is 1.49. The smallest absolute Gasteiger partial charge is 0.220 e. The zero-order valence-corrected chi connectivity index (χ0v) is 76.8. The molecule has 15 heterocycles. The zero-order valence-electron chi connectivity index (χ0n) is 73.8. The van der Waals surface area contributed by atoms with Crippen molar-refractivity contribution in [2.75, 3.05) is 0 Å². The molecule has 26 rings (SSSR count). The number of hydrogen-bond donors (Lipinski definition) is 0. The highest BCUT2D eigenvalue weighted by molar-refractivity contribution is 7.08. The van der Waals surface area contributed by atoms with E-state index in [4.69, 9.17) is 0 Å².